The molecule has 1 unspecified atom stereocenters. The molecule has 1 aromatic heterocycles. The van der Waals surface area contributed by atoms with E-state index in [9.17, 15) is 9.59 Å². The van der Waals surface area contributed by atoms with Crippen molar-refractivity contribution >= 4 is 30.3 Å². The summed E-state index contributed by atoms with van der Waals surface area (Å²) in [7, 11) is 0. The Hall–Kier alpha value is -1.32. The van der Waals surface area contributed by atoms with Crippen LogP contribution in [-0.2, 0) is 4.79 Å². The summed E-state index contributed by atoms with van der Waals surface area (Å²) in [4.78, 5) is 22.8. The fraction of sp³-hybridized carbons (Fsp3) is 0.273. The summed E-state index contributed by atoms with van der Waals surface area (Å²) in [6, 6.07) is 4.87. The maximum absolute atomic E-state index is 11.9. The molecule has 0 amide bonds. The van der Waals surface area contributed by atoms with Crippen molar-refractivity contribution in [3.8, 4) is 0 Å². The Labute approximate surface area is 98.1 Å². The predicted octanol–water partition coefficient (Wildman–Crippen LogP) is 1.01. The van der Waals surface area contributed by atoms with Crippen molar-refractivity contribution in [2.75, 3.05) is 0 Å². The van der Waals surface area contributed by atoms with Crippen molar-refractivity contribution in [2.45, 2.75) is 19.9 Å². The van der Waals surface area contributed by atoms with Crippen molar-refractivity contribution in [1.29, 1.82) is 0 Å². The zero-order valence-electron chi connectivity index (χ0n) is 8.93. The number of carbonyl (C=O) groups is 1. The number of fused-ring (bicyclic) bond motifs is 1. The SMILES string of the molecule is Cc1ccc2c(=O)n(C(C)C(=O)O)[se]c2c1. The Morgan fingerprint density at radius 2 is 2.19 bits per heavy atom. The molecule has 1 atom stereocenters. The van der Waals surface area contributed by atoms with E-state index in [1.807, 2.05) is 19.1 Å². The number of carboxylic acid groups (broad SMARTS) is 1. The molecule has 5 heteroatoms. The molecule has 0 aliphatic carbocycles. The molecular formula is C11H11NO3Se. The average Bonchev–Trinajstić information content (AvgIpc) is 2.54. The van der Waals surface area contributed by atoms with Crippen LogP contribution in [0.2, 0.25) is 0 Å². The number of rotatable bonds is 2. The van der Waals surface area contributed by atoms with Crippen molar-refractivity contribution in [3.05, 3.63) is 34.1 Å². The van der Waals surface area contributed by atoms with Gasteiger partial charge >= 0.3 is 97.8 Å². The van der Waals surface area contributed by atoms with E-state index in [4.69, 9.17) is 5.11 Å². The maximum atomic E-state index is 11.9. The summed E-state index contributed by atoms with van der Waals surface area (Å²) in [5.41, 5.74) is 0.933. The Morgan fingerprint density at radius 1 is 1.50 bits per heavy atom. The van der Waals surface area contributed by atoms with Gasteiger partial charge in [-0.25, -0.2) is 0 Å². The molecule has 1 aromatic carbocycles. The zero-order valence-corrected chi connectivity index (χ0v) is 10.6. The Balaban J connectivity index is 2.69. The van der Waals surface area contributed by atoms with Gasteiger partial charge in [-0.1, -0.05) is 0 Å². The summed E-state index contributed by atoms with van der Waals surface area (Å²) >= 11 is -0.212. The molecule has 0 aliphatic rings. The molecule has 0 aliphatic heterocycles. The number of benzene rings is 1. The van der Waals surface area contributed by atoms with Crippen LogP contribution in [0.25, 0.3) is 9.65 Å². The average molecular weight is 284 g/mol. The molecule has 0 radical (unpaired) electrons. The fourth-order valence-corrected chi connectivity index (χ4v) is 3.88. The molecule has 1 N–H and O–H groups in total. The molecule has 16 heavy (non-hydrogen) atoms. The molecule has 0 saturated heterocycles. The first-order valence-corrected chi connectivity index (χ1v) is 6.48. The normalized spacial score (nSPS) is 12.9. The van der Waals surface area contributed by atoms with Gasteiger partial charge in [-0.15, -0.1) is 0 Å². The van der Waals surface area contributed by atoms with Crippen LogP contribution in [0.1, 0.15) is 18.5 Å². The van der Waals surface area contributed by atoms with Gasteiger partial charge < -0.3 is 0 Å². The van der Waals surface area contributed by atoms with Gasteiger partial charge in [-0.2, -0.15) is 0 Å². The van der Waals surface area contributed by atoms with E-state index in [-0.39, 0.29) is 20.3 Å². The number of aromatic nitrogens is 1. The summed E-state index contributed by atoms with van der Waals surface area (Å²) in [5, 5.41) is 9.56. The summed E-state index contributed by atoms with van der Waals surface area (Å²) in [5.74, 6) is -0.959. The summed E-state index contributed by atoms with van der Waals surface area (Å²) in [6.45, 7) is 3.50. The van der Waals surface area contributed by atoms with E-state index in [2.05, 4.69) is 0 Å². The van der Waals surface area contributed by atoms with Crippen LogP contribution in [0.4, 0.5) is 0 Å². The van der Waals surface area contributed by atoms with Crippen molar-refractivity contribution in [1.82, 2.24) is 3.56 Å². The quantitative estimate of drug-likeness (QED) is 0.837. The van der Waals surface area contributed by atoms with E-state index in [1.165, 1.54) is 3.56 Å². The van der Waals surface area contributed by atoms with E-state index in [1.54, 1.807) is 13.0 Å². The third-order valence-electron chi connectivity index (χ3n) is 2.47. The van der Waals surface area contributed by atoms with E-state index in [0.717, 1.165) is 9.82 Å². The van der Waals surface area contributed by atoms with Crippen molar-refractivity contribution in [3.63, 3.8) is 0 Å². The van der Waals surface area contributed by atoms with Crippen LogP contribution in [0.3, 0.4) is 0 Å². The second-order valence-corrected chi connectivity index (χ2v) is 5.87. The molecule has 84 valence electrons. The number of carboxylic acids is 1. The second-order valence-electron chi connectivity index (χ2n) is 3.74. The van der Waals surface area contributed by atoms with E-state index >= 15 is 0 Å². The van der Waals surface area contributed by atoms with E-state index < -0.39 is 12.0 Å². The molecule has 0 bridgehead atoms. The zero-order chi connectivity index (χ0) is 11.9. The number of aryl methyl sites for hydroxylation is 1. The molecular weight excluding hydrogens is 273 g/mol. The molecule has 2 aromatic rings. The van der Waals surface area contributed by atoms with Crippen LogP contribution >= 0.6 is 0 Å². The van der Waals surface area contributed by atoms with Crippen LogP contribution in [0, 0.1) is 6.92 Å². The number of hydrogen-bond donors (Lipinski definition) is 1. The molecule has 0 spiro atoms. The summed E-state index contributed by atoms with van der Waals surface area (Å²) in [6.07, 6.45) is 0. The van der Waals surface area contributed by atoms with Gasteiger partial charge in [-0.05, 0) is 0 Å². The first kappa shape index (κ1) is 11.2. The molecule has 0 saturated carbocycles. The van der Waals surface area contributed by atoms with Gasteiger partial charge in [0.15, 0.2) is 0 Å². The van der Waals surface area contributed by atoms with Crippen LogP contribution < -0.4 is 5.56 Å². The van der Waals surface area contributed by atoms with Gasteiger partial charge in [0.05, 0.1) is 0 Å². The van der Waals surface area contributed by atoms with Crippen LogP contribution in [0.15, 0.2) is 23.0 Å². The topological polar surface area (TPSA) is 59.3 Å². The second kappa shape index (κ2) is 3.92. The molecule has 1 heterocycles. The fourth-order valence-electron chi connectivity index (χ4n) is 1.50. The molecule has 2 rings (SSSR count). The number of nitrogens with zero attached hydrogens (tertiary/aromatic N) is 1. The monoisotopic (exact) mass is 285 g/mol. The van der Waals surface area contributed by atoms with Crippen molar-refractivity contribution < 1.29 is 9.90 Å². The van der Waals surface area contributed by atoms with Gasteiger partial charge in [-0.3, -0.25) is 0 Å². The Bertz CT molecular complexity index is 611. The van der Waals surface area contributed by atoms with E-state index in [0.29, 0.717) is 5.39 Å². The van der Waals surface area contributed by atoms with Crippen molar-refractivity contribution in [2.24, 2.45) is 0 Å². The Kier molecular flexibility index (Phi) is 2.74. The van der Waals surface area contributed by atoms with Gasteiger partial charge in [0, 0.05) is 0 Å². The Morgan fingerprint density at radius 3 is 2.81 bits per heavy atom. The molecule has 0 fully saturated rings. The van der Waals surface area contributed by atoms with Crippen LogP contribution in [-0.4, -0.2) is 29.4 Å². The summed E-state index contributed by atoms with van der Waals surface area (Å²) < 4.78 is 2.42. The minimum atomic E-state index is -0.959. The minimum absolute atomic E-state index is 0.162. The number of hydrogen-bond acceptors (Lipinski definition) is 2. The third kappa shape index (κ3) is 1.72. The van der Waals surface area contributed by atoms with Crippen LogP contribution in [0.5, 0.6) is 0 Å². The first-order chi connectivity index (χ1) is 7.50. The molecule has 4 nitrogen and oxygen atoms in total. The van der Waals surface area contributed by atoms with Gasteiger partial charge in [0.1, 0.15) is 0 Å². The van der Waals surface area contributed by atoms with Gasteiger partial charge in [0.2, 0.25) is 0 Å². The van der Waals surface area contributed by atoms with Gasteiger partial charge in [0.25, 0.3) is 0 Å². The standard InChI is InChI=1S/C11H11NO3Se/c1-6-3-4-8-9(5-6)16-12(10(8)13)7(2)11(14)15/h3-5,7H,1-2H3,(H,14,15). The first-order valence-electron chi connectivity index (χ1n) is 4.85. The number of aliphatic carboxylic acids is 1. The third-order valence-corrected chi connectivity index (χ3v) is 5.02. The predicted molar refractivity (Wildman–Crippen MR) is 62.2 cm³/mol.